The molecule has 0 bridgehead atoms. The number of hydrogen-bond acceptors (Lipinski definition) is 4. The molecule has 3 rings (SSSR count). The number of carbonyl (C=O) groups is 1. The number of nitrogens with one attached hydrogen (secondary N) is 1. The molecule has 1 aliphatic heterocycles. The maximum atomic E-state index is 12.0. The summed E-state index contributed by atoms with van der Waals surface area (Å²) in [6.07, 6.45) is 1.41. The highest BCUT2D eigenvalue weighted by Crippen LogP contribution is 2.28. The minimum Gasteiger partial charge on any atom is -0.368 e. The molecule has 2 aromatic rings. The molecule has 0 radical (unpaired) electrons. The van der Waals surface area contributed by atoms with Crippen LogP contribution in [0.1, 0.15) is 39.2 Å². The van der Waals surface area contributed by atoms with Gasteiger partial charge >= 0.3 is 0 Å². The normalized spacial score (nSPS) is 18.1. The van der Waals surface area contributed by atoms with E-state index in [1.165, 1.54) is 16.9 Å². The zero-order valence-electron chi connectivity index (χ0n) is 13.8. The van der Waals surface area contributed by atoms with Gasteiger partial charge in [0.15, 0.2) is 5.13 Å². The predicted molar refractivity (Wildman–Crippen MR) is 93.9 cm³/mol. The molecule has 2 heterocycles. The summed E-state index contributed by atoms with van der Waals surface area (Å²) in [4.78, 5) is 16.6. The summed E-state index contributed by atoms with van der Waals surface area (Å²) in [7, 11) is 0. The Morgan fingerprint density at radius 3 is 2.65 bits per heavy atom. The second-order valence-corrected chi connectivity index (χ2v) is 7.71. The van der Waals surface area contributed by atoms with Crippen molar-refractivity contribution in [3.63, 3.8) is 0 Å². The molecule has 23 heavy (non-hydrogen) atoms. The van der Waals surface area contributed by atoms with Crippen LogP contribution in [0.15, 0.2) is 29.6 Å². The predicted octanol–water partition coefficient (Wildman–Crippen LogP) is 4.23. The van der Waals surface area contributed by atoms with Crippen LogP contribution in [0.25, 0.3) is 11.3 Å². The molecule has 1 aromatic carbocycles. The number of nitrogens with zero attached hydrogens (tertiary/aromatic N) is 1. The summed E-state index contributed by atoms with van der Waals surface area (Å²) < 4.78 is 5.39. The summed E-state index contributed by atoms with van der Waals surface area (Å²) in [5.41, 5.74) is 3.38. The standard InChI is InChI=1S/C18H22N2O2S/c1-18(2,3)13-8-6-12(7-9-13)14-11-23-17(19-14)20-16(21)15-5-4-10-22-15/h6-9,11,15H,4-5,10H2,1-3H3,(H,19,20,21). The van der Waals surface area contributed by atoms with Crippen molar-refractivity contribution in [3.8, 4) is 11.3 Å². The molecule has 1 atom stereocenters. The van der Waals surface area contributed by atoms with Crippen LogP contribution < -0.4 is 5.32 Å². The van der Waals surface area contributed by atoms with Gasteiger partial charge in [-0.05, 0) is 23.8 Å². The third kappa shape index (κ3) is 3.79. The lowest BCUT2D eigenvalue weighted by atomic mass is 9.86. The fourth-order valence-corrected chi connectivity index (χ4v) is 3.30. The van der Waals surface area contributed by atoms with E-state index in [0.29, 0.717) is 11.7 Å². The van der Waals surface area contributed by atoms with Crippen LogP contribution in [-0.4, -0.2) is 23.6 Å². The van der Waals surface area contributed by atoms with Crippen LogP contribution in [-0.2, 0) is 14.9 Å². The number of benzene rings is 1. The van der Waals surface area contributed by atoms with Gasteiger partial charge in [-0.1, -0.05) is 45.0 Å². The zero-order chi connectivity index (χ0) is 16.4. The first-order valence-electron chi connectivity index (χ1n) is 7.92. The highest BCUT2D eigenvalue weighted by atomic mass is 32.1. The summed E-state index contributed by atoms with van der Waals surface area (Å²) in [6, 6.07) is 8.45. The Morgan fingerprint density at radius 2 is 2.04 bits per heavy atom. The smallest absolute Gasteiger partial charge is 0.255 e. The molecule has 1 fully saturated rings. The molecule has 1 N–H and O–H groups in total. The van der Waals surface area contributed by atoms with E-state index in [9.17, 15) is 4.79 Å². The fraction of sp³-hybridized carbons (Fsp3) is 0.444. The SMILES string of the molecule is CC(C)(C)c1ccc(-c2csc(NC(=O)C3CCCO3)n2)cc1. The number of rotatable bonds is 3. The monoisotopic (exact) mass is 330 g/mol. The number of carbonyl (C=O) groups excluding carboxylic acids is 1. The third-order valence-electron chi connectivity index (χ3n) is 4.00. The molecule has 0 aliphatic carbocycles. The zero-order valence-corrected chi connectivity index (χ0v) is 14.6. The molecule has 0 spiro atoms. The van der Waals surface area contributed by atoms with E-state index in [4.69, 9.17) is 4.74 Å². The van der Waals surface area contributed by atoms with Crippen LogP contribution in [0.2, 0.25) is 0 Å². The van der Waals surface area contributed by atoms with Crippen molar-refractivity contribution < 1.29 is 9.53 Å². The van der Waals surface area contributed by atoms with E-state index in [2.05, 4.69) is 55.3 Å². The van der Waals surface area contributed by atoms with Crippen LogP contribution >= 0.6 is 11.3 Å². The van der Waals surface area contributed by atoms with Gasteiger partial charge in [-0.2, -0.15) is 0 Å². The first-order chi connectivity index (χ1) is 10.9. The van der Waals surface area contributed by atoms with Crippen molar-refractivity contribution in [1.29, 1.82) is 0 Å². The molecule has 1 aliphatic rings. The minimum atomic E-state index is -0.326. The average molecular weight is 330 g/mol. The molecule has 4 nitrogen and oxygen atoms in total. The molecule has 1 unspecified atom stereocenters. The van der Waals surface area contributed by atoms with Crippen LogP contribution in [0.4, 0.5) is 5.13 Å². The van der Waals surface area contributed by atoms with Gasteiger partial charge in [0, 0.05) is 17.6 Å². The Morgan fingerprint density at radius 1 is 1.30 bits per heavy atom. The van der Waals surface area contributed by atoms with Crippen LogP contribution in [0.3, 0.4) is 0 Å². The van der Waals surface area contributed by atoms with E-state index in [0.717, 1.165) is 24.1 Å². The number of aromatic nitrogens is 1. The number of anilines is 1. The van der Waals surface area contributed by atoms with Crippen molar-refractivity contribution >= 4 is 22.4 Å². The Kier molecular flexibility index (Phi) is 4.50. The summed E-state index contributed by atoms with van der Waals surface area (Å²) in [6.45, 7) is 7.26. The highest BCUT2D eigenvalue weighted by molar-refractivity contribution is 7.14. The molecular formula is C18H22N2O2S. The maximum absolute atomic E-state index is 12.0. The Hall–Kier alpha value is -1.72. The van der Waals surface area contributed by atoms with E-state index >= 15 is 0 Å². The fourth-order valence-electron chi connectivity index (χ4n) is 2.58. The number of ether oxygens (including phenoxy) is 1. The van der Waals surface area contributed by atoms with Gasteiger partial charge in [0.05, 0.1) is 5.69 Å². The number of hydrogen-bond donors (Lipinski definition) is 1. The topological polar surface area (TPSA) is 51.2 Å². The van der Waals surface area contributed by atoms with Gasteiger partial charge in [-0.25, -0.2) is 4.98 Å². The molecule has 0 saturated carbocycles. The van der Waals surface area contributed by atoms with Crippen molar-refractivity contribution in [2.24, 2.45) is 0 Å². The van der Waals surface area contributed by atoms with Gasteiger partial charge < -0.3 is 4.74 Å². The molecule has 1 amide bonds. The molecule has 122 valence electrons. The average Bonchev–Trinajstić information content (AvgIpc) is 3.18. The van der Waals surface area contributed by atoms with E-state index in [1.807, 2.05) is 5.38 Å². The van der Waals surface area contributed by atoms with Crippen molar-refractivity contribution in [3.05, 3.63) is 35.2 Å². The molecule has 1 aromatic heterocycles. The minimum absolute atomic E-state index is 0.0912. The first kappa shape index (κ1) is 16.1. The van der Waals surface area contributed by atoms with Gasteiger partial charge in [0.2, 0.25) is 0 Å². The number of amides is 1. The lowest BCUT2D eigenvalue weighted by molar-refractivity contribution is -0.124. The lowest BCUT2D eigenvalue weighted by Gasteiger charge is -2.18. The largest absolute Gasteiger partial charge is 0.368 e. The summed E-state index contributed by atoms with van der Waals surface area (Å²) in [5, 5.41) is 5.45. The second-order valence-electron chi connectivity index (χ2n) is 6.86. The molecule has 5 heteroatoms. The van der Waals surface area contributed by atoms with Gasteiger partial charge in [0.25, 0.3) is 5.91 Å². The van der Waals surface area contributed by atoms with E-state index < -0.39 is 0 Å². The lowest BCUT2D eigenvalue weighted by Crippen LogP contribution is -2.26. The molecular weight excluding hydrogens is 308 g/mol. The quantitative estimate of drug-likeness (QED) is 0.916. The van der Waals surface area contributed by atoms with Gasteiger partial charge in [-0.15, -0.1) is 11.3 Å². The maximum Gasteiger partial charge on any atom is 0.255 e. The first-order valence-corrected chi connectivity index (χ1v) is 8.80. The third-order valence-corrected chi connectivity index (χ3v) is 4.76. The van der Waals surface area contributed by atoms with E-state index in [-0.39, 0.29) is 17.4 Å². The van der Waals surface area contributed by atoms with Crippen molar-refractivity contribution in [1.82, 2.24) is 4.98 Å². The summed E-state index contributed by atoms with van der Waals surface area (Å²) in [5.74, 6) is -0.0912. The Bertz CT molecular complexity index is 680. The van der Waals surface area contributed by atoms with Gasteiger partial charge in [-0.3, -0.25) is 10.1 Å². The Balaban J connectivity index is 1.70. The van der Waals surface area contributed by atoms with E-state index in [1.54, 1.807) is 0 Å². The van der Waals surface area contributed by atoms with Gasteiger partial charge in [0.1, 0.15) is 6.10 Å². The number of thiazole rings is 1. The summed E-state index contributed by atoms with van der Waals surface area (Å²) >= 11 is 1.44. The highest BCUT2D eigenvalue weighted by Gasteiger charge is 2.24. The van der Waals surface area contributed by atoms with Crippen LogP contribution in [0, 0.1) is 0 Å². The van der Waals surface area contributed by atoms with Crippen molar-refractivity contribution in [2.45, 2.75) is 45.1 Å². The van der Waals surface area contributed by atoms with Crippen LogP contribution in [0.5, 0.6) is 0 Å². The second kappa shape index (κ2) is 6.42. The van der Waals surface area contributed by atoms with Crippen molar-refractivity contribution in [2.75, 3.05) is 11.9 Å². The Labute approximate surface area is 140 Å². The molecule has 1 saturated heterocycles.